The number of aromatic nitrogens is 2. The molecular weight excluding hydrogens is 304 g/mol. The Morgan fingerprint density at radius 3 is 2.22 bits per heavy atom. The first-order valence-electron chi connectivity index (χ1n) is 8.86. The topological polar surface area (TPSA) is 41.1 Å². The van der Waals surface area contributed by atoms with E-state index in [0.717, 1.165) is 30.7 Å². The number of anilines is 2. The van der Waals surface area contributed by atoms with Crippen molar-refractivity contribution in [2.75, 3.05) is 29.9 Å². The van der Waals surface area contributed by atoms with E-state index in [4.69, 9.17) is 0 Å². The molecule has 0 aliphatic heterocycles. The lowest BCUT2D eigenvalue weighted by Gasteiger charge is -2.16. The van der Waals surface area contributed by atoms with Crippen LogP contribution in [0.4, 0.5) is 11.1 Å². The highest BCUT2D eigenvalue weighted by molar-refractivity contribution is 7.09. The predicted octanol–water partition coefficient (Wildman–Crippen LogP) is 5.27. The van der Waals surface area contributed by atoms with E-state index in [1.807, 2.05) is 12.2 Å². The number of nitrogens with one attached hydrogen (secondary N) is 1. The number of hydrogen-bond acceptors (Lipinski definition) is 5. The maximum absolute atomic E-state index is 4.54. The average molecular weight is 337 g/mol. The van der Waals surface area contributed by atoms with E-state index in [1.165, 1.54) is 62.9 Å². The summed E-state index contributed by atoms with van der Waals surface area (Å²) in [5.41, 5.74) is 0. The second-order valence-electron chi connectivity index (χ2n) is 5.78. The lowest BCUT2D eigenvalue weighted by atomic mass is 10.1. The summed E-state index contributed by atoms with van der Waals surface area (Å²) in [5.74, 6) is 0.742. The molecule has 0 radical (unpaired) electrons. The molecule has 0 saturated carbocycles. The van der Waals surface area contributed by atoms with Crippen LogP contribution in [0.15, 0.2) is 25.3 Å². The van der Waals surface area contributed by atoms with Crippen LogP contribution >= 0.6 is 11.5 Å². The third-order valence-electron chi connectivity index (χ3n) is 3.70. The molecule has 4 nitrogen and oxygen atoms in total. The average Bonchev–Trinajstić information content (AvgIpc) is 3.02. The molecule has 1 aromatic heterocycles. The quantitative estimate of drug-likeness (QED) is 0.350. The lowest BCUT2D eigenvalue weighted by molar-refractivity contribution is 0.581. The van der Waals surface area contributed by atoms with Crippen molar-refractivity contribution in [3.05, 3.63) is 25.3 Å². The Morgan fingerprint density at radius 1 is 1.00 bits per heavy atom. The molecule has 0 bridgehead atoms. The van der Waals surface area contributed by atoms with Crippen LogP contribution in [0.3, 0.4) is 0 Å². The zero-order valence-electron chi connectivity index (χ0n) is 14.6. The molecule has 0 aromatic carbocycles. The third-order valence-corrected chi connectivity index (χ3v) is 4.48. The Kier molecular flexibility index (Phi) is 11.2. The molecule has 1 aromatic rings. The van der Waals surface area contributed by atoms with Gasteiger partial charge in [-0.25, -0.2) is 0 Å². The molecular formula is C18H32N4S. The van der Waals surface area contributed by atoms with E-state index in [1.54, 1.807) is 0 Å². The third kappa shape index (κ3) is 8.74. The lowest BCUT2D eigenvalue weighted by Crippen LogP contribution is -2.22. The molecule has 130 valence electrons. The van der Waals surface area contributed by atoms with Gasteiger partial charge >= 0.3 is 0 Å². The largest absolute Gasteiger partial charge is 0.353 e. The Hall–Kier alpha value is -1.36. The molecule has 0 saturated heterocycles. The Bertz CT molecular complexity index is 420. The molecule has 0 unspecified atom stereocenters. The van der Waals surface area contributed by atoms with Crippen molar-refractivity contribution >= 4 is 22.6 Å². The molecule has 5 heteroatoms. The molecule has 0 atom stereocenters. The number of nitrogens with zero attached hydrogens (tertiary/aromatic N) is 3. The SMILES string of the molecule is C=CCN(CC=C)c1nc(NCCCCCCCCCC)ns1. The summed E-state index contributed by atoms with van der Waals surface area (Å²) >= 11 is 1.42. The summed E-state index contributed by atoms with van der Waals surface area (Å²) in [6.45, 7) is 12.3. The maximum Gasteiger partial charge on any atom is 0.236 e. The minimum Gasteiger partial charge on any atom is -0.353 e. The second-order valence-corrected chi connectivity index (χ2v) is 6.51. The summed E-state index contributed by atoms with van der Waals surface area (Å²) in [6.07, 6.45) is 14.4. The van der Waals surface area contributed by atoms with Crippen molar-refractivity contribution in [2.24, 2.45) is 0 Å². The summed E-state index contributed by atoms with van der Waals surface area (Å²) < 4.78 is 4.38. The van der Waals surface area contributed by atoms with Gasteiger partial charge in [0.1, 0.15) is 0 Å². The first kappa shape index (κ1) is 19.7. The minimum absolute atomic E-state index is 0.742. The highest BCUT2D eigenvalue weighted by Gasteiger charge is 2.09. The summed E-state index contributed by atoms with van der Waals surface area (Å²) in [5, 5.41) is 4.24. The van der Waals surface area contributed by atoms with Crippen molar-refractivity contribution in [2.45, 2.75) is 58.3 Å². The van der Waals surface area contributed by atoms with Gasteiger partial charge in [-0.3, -0.25) is 0 Å². The van der Waals surface area contributed by atoms with Gasteiger partial charge in [0.05, 0.1) is 0 Å². The Balaban J connectivity index is 2.16. The van der Waals surface area contributed by atoms with E-state index >= 15 is 0 Å². The van der Waals surface area contributed by atoms with Gasteiger partial charge in [0.15, 0.2) is 0 Å². The van der Waals surface area contributed by atoms with E-state index in [0.29, 0.717) is 0 Å². The fraction of sp³-hybridized carbons (Fsp3) is 0.667. The molecule has 0 aliphatic rings. The highest BCUT2D eigenvalue weighted by atomic mass is 32.1. The van der Waals surface area contributed by atoms with E-state index in [2.05, 4.69) is 39.7 Å². The van der Waals surface area contributed by atoms with Gasteiger partial charge < -0.3 is 10.2 Å². The van der Waals surface area contributed by atoms with Gasteiger partial charge in [-0.2, -0.15) is 9.36 Å². The van der Waals surface area contributed by atoms with Crippen molar-refractivity contribution in [1.29, 1.82) is 0 Å². The molecule has 0 aliphatic carbocycles. The molecule has 0 fully saturated rings. The standard InChI is InChI=1S/C18H32N4S/c1-4-7-8-9-10-11-12-13-14-19-17-20-18(23-21-17)22(15-5-2)16-6-3/h5-6H,2-4,7-16H2,1H3,(H,19,21). The van der Waals surface area contributed by atoms with Gasteiger partial charge in [-0.05, 0) is 6.42 Å². The van der Waals surface area contributed by atoms with E-state index < -0.39 is 0 Å². The van der Waals surface area contributed by atoms with Crippen LogP contribution in [0.2, 0.25) is 0 Å². The zero-order chi connectivity index (χ0) is 16.8. The minimum atomic E-state index is 0.742. The second kappa shape index (κ2) is 13.1. The van der Waals surface area contributed by atoms with Crippen LogP contribution in [0.1, 0.15) is 58.3 Å². The molecule has 0 amide bonds. The van der Waals surface area contributed by atoms with Crippen LogP contribution in [0.25, 0.3) is 0 Å². The van der Waals surface area contributed by atoms with Crippen LogP contribution < -0.4 is 10.2 Å². The van der Waals surface area contributed by atoms with Gasteiger partial charge in [0, 0.05) is 31.2 Å². The van der Waals surface area contributed by atoms with Crippen molar-refractivity contribution in [3.8, 4) is 0 Å². The fourth-order valence-corrected chi connectivity index (χ4v) is 3.08. The summed E-state index contributed by atoms with van der Waals surface area (Å²) in [7, 11) is 0. The summed E-state index contributed by atoms with van der Waals surface area (Å²) in [4.78, 5) is 6.65. The molecule has 23 heavy (non-hydrogen) atoms. The Labute approximate surface area is 145 Å². The monoisotopic (exact) mass is 336 g/mol. The fourth-order valence-electron chi connectivity index (χ4n) is 2.42. The smallest absolute Gasteiger partial charge is 0.236 e. The van der Waals surface area contributed by atoms with Crippen LogP contribution in [0, 0.1) is 0 Å². The number of hydrogen-bond donors (Lipinski definition) is 1. The normalized spacial score (nSPS) is 10.5. The maximum atomic E-state index is 4.54. The molecule has 0 spiro atoms. The van der Waals surface area contributed by atoms with Crippen LogP contribution in [-0.2, 0) is 0 Å². The van der Waals surface area contributed by atoms with Crippen molar-refractivity contribution in [3.63, 3.8) is 0 Å². The summed E-state index contributed by atoms with van der Waals surface area (Å²) in [6, 6.07) is 0. The zero-order valence-corrected chi connectivity index (χ0v) is 15.4. The Morgan fingerprint density at radius 2 is 1.61 bits per heavy atom. The van der Waals surface area contributed by atoms with Crippen LogP contribution in [-0.4, -0.2) is 29.0 Å². The number of rotatable bonds is 15. The van der Waals surface area contributed by atoms with Crippen molar-refractivity contribution in [1.82, 2.24) is 9.36 Å². The first-order chi connectivity index (χ1) is 11.3. The van der Waals surface area contributed by atoms with Gasteiger partial charge in [-0.15, -0.1) is 13.2 Å². The van der Waals surface area contributed by atoms with Gasteiger partial charge in [0.25, 0.3) is 0 Å². The molecule has 1 N–H and O–H groups in total. The highest BCUT2D eigenvalue weighted by Crippen LogP contribution is 2.19. The van der Waals surface area contributed by atoms with Crippen molar-refractivity contribution < 1.29 is 0 Å². The first-order valence-corrected chi connectivity index (χ1v) is 9.63. The predicted molar refractivity (Wildman–Crippen MR) is 104 cm³/mol. The van der Waals surface area contributed by atoms with E-state index in [-0.39, 0.29) is 0 Å². The molecule has 1 rings (SSSR count). The van der Waals surface area contributed by atoms with Gasteiger partial charge in [0.2, 0.25) is 11.1 Å². The van der Waals surface area contributed by atoms with E-state index in [9.17, 15) is 0 Å². The van der Waals surface area contributed by atoms with Gasteiger partial charge in [-0.1, -0.05) is 64.0 Å². The number of unbranched alkanes of at least 4 members (excludes halogenated alkanes) is 7. The molecule has 1 heterocycles. The van der Waals surface area contributed by atoms with Crippen LogP contribution in [0.5, 0.6) is 0 Å².